The zero-order valence-electron chi connectivity index (χ0n) is 12.5. The van der Waals surface area contributed by atoms with Gasteiger partial charge in [0, 0.05) is 13.1 Å². The second-order valence-electron chi connectivity index (χ2n) is 4.71. The smallest absolute Gasteiger partial charge is 0.406 e. The summed E-state index contributed by atoms with van der Waals surface area (Å²) in [4.78, 5) is 9.81. The van der Waals surface area contributed by atoms with Crippen LogP contribution in [0, 0.1) is 0 Å². The van der Waals surface area contributed by atoms with Crippen LogP contribution >= 0.6 is 12.4 Å². The van der Waals surface area contributed by atoms with E-state index in [2.05, 4.69) is 14.7 Å². The number of rotatable bonds is 3. The van der Waals surface area contributed by atoms with E-state index in [-0.39, 0.29) is 36.6 Å². The Morgan fingerprint density at radius 1 is 1.12 bits per heavy atom. The highest BCUT2D eigenvalue weighted by molar-refractivity contribution is 5.93. The number of aliphatic imine (C=N–C) groups is 2. The van der Waals surface area contributed by atoms with E-state index in [1.807, 2.05) is 17.1 Å². The van der Waals surface area contributed by atoms with Crippen LogP contribution in [0.25, 0.3) is 0 Å². The Hall–Kier alpha value is -2.42. The summed E-state index contributed by atoms with van der Waals surface area (Å²) in [5.74, 6) is -0.0165. The monoisotopic (exact) mass is 363 g/mol. The van der Waals surface area contributed by atoms with E-state index >= 15 is 0 Å². The summed E-state index contributed by atoms with van der Waals surface area (Å²) in [6.07, 6.45) is -0.790. The van der Waals surface area contributed by atoms with Crippen LogP contribution in [0.2, 0.25) is 0 Å². The second kappa shape index (κ2) is 8.44. The summed E-state index contributed by atoms with van der Waals surface area (Å²) in [5, 5.41) is 0. The van der Waals surface area contributed by atoms with E-state index in [0.29, 0.717) is 18.7 Å². The zero-order chi connectivity index (χ0) is 16.9. The highest BCUT2D eigenvalue weighted by atomic mass is 35.5. The summed E-state index contributed by atoms with van der Waals surface area (Å²) >= 11 is 0. The third kappa shape index (κ3) is 6.37. The zero-order valence-corrected chi connectivity index (χ0v) is 13.3. The Morgan fingerprint density at radius 2 is 1.71 bits per heavy atom. The van der Waals surface area contributed by atoms with E-state index in [4.69, 9.17) is 11.5 Å². The molecule has 2 rings (SSSR count). The molecule has 0 aromatic heterocycles. The lowest BCUT2D eigenvalue weighted by atomic mass is 10.2. The molecule has 4 N–H and O–H groups in total. The van der Waals surface area contributed by atoms with Crippen LogP contribution in [0.3, 0.4) is 0 Å². The molecule has 1 aromatic rings. The van der Waals surface area contributed by atoms with Gasteiger partial charge >= 0.3 is 6.36 Å². The molecule has 0 unspecified atom stereocenters. The van der Waals surface area contributed by atoms with Gasteiger partial charge in [-0.25, -0.2) is 4.99 Å². The van der Waals surface area contributed by atoms with Crippen LogP contribution in [-0.2, 0) is 6.54 Å². The molecule has 1 aliphatic heterocycles. The van der Waals surface area contributed by atoms with Crippen LogP contribution in [0.5, 0.6) is 5.75 Å². The number of ether oxygens (including phenoxy) is 1. The first kappa shape index (κ1) is 19.6. The predicted octanol–water partition coefficient (Wildman–Crippen LogP) is 2.01. The Bertz CT molecular complexity index is 620. The Labute approximate surface area is 143 Å². The van der Waals surface area contributed by atoms with Gasteiger partial charge in [-0.2, -0.15) is 4.99 Å². The number of hydrogen-bond donors (Lipinski definition) is 2. The molecule has 0 saturated heterocycles. The van der Waals surface area contributed by atoms with Gasteiger partial charge in [0.1, 0.15) is 5.75 Å². The van der Waals surface area contributed by atoms with Gasteiger partial charge in [0.15, 0.2) is 5.96 Å². The molecule has 1 heterocycles. The molecule has 132 valence electrons. The van der Waals surface area contributed by atoms with Crippen LogP contribution in [-0.4, -0.2) is 36.3 Å². The summed E-state index contributed by atoms with van der Waals surface area (Å²) in [7, 11) is 0. The highest BCUT2D eigenvalue weighted by Crippen LogP contribution is 2.22. The van der Waals surface area contributed by atoms with Crippen molar-refractivity contribution >= 4 is 24.3 Å². The van der Waals surface area contributed by atoms with Crippen molar-refractivity contribution < 1.29 is 17.9 Å². The fraction of sp³-hybridized carbons (Fsp3) is 0.286. The van der Waals surface area contributed by atoms with E-state index in [1.54, 1.807) is 0 Å². The largest absolute Gasteiger partial charge is 0.573 e. The van der Waals surface area contributed by atoms with E-state index < -0.39 is 6.36 Å². The van der Waals surface area contributed by atoms with Crippen molar-refractivity contribution in [2.75, 3.05) is 13.1 Å². The molecular weight excluding hydrogens is 347 g/mol. The lowest BCUT2D eigenvalue weighted by Gasteiger charge is -2.15. The van der Waals surface area contributed by atoms with Crippen molar-refractivity contribution in [3.8, 4) is 5.75 Å². The van der Waals surface area contributed by atoms with E-state index in [0.717, 1.165) is 0 Å². The first-order chi connectivity index (χ1) is 10.8. The molecule has 0 atom stereocenters. The number of hydrogen-bond acceptors (Lipinski definition) is 2. The minimum Gasteiger partial charge on any atom is -0.406 e. The van der Waals surface area contributed by atoms with E-state index in [9.17, 15) is 13.2 Å². The van der Waals surface area contributed by atoms with Crippen LogP contribution in [0.1, 0.15) is 5.56 Å². The molecule has 0 saturated carbocycles. The normalized spacial score (nSPS) is 15.4. The quantitative estimate of drug-likeness (QED) is 0.488. The second-order valence-corrected chi connectivity index (χ2v) is 4.71. The third-order valence-corrected chi connectivity index (χ3v) is 2.95. The maximum absolute atomic E-state index is 12.0. The van der Waals surface area contributed by atoms with Gasteiger partial charge in [-0.05, 0) is 17.7 Å². The molecule has 0 radical (unpaired) electrons. The third-order valence-electron chi connectivity index (χ3n) is 2.95. The molecule has 0 amide bonds. The first-order valence-electron chi connectivity index (χ1n) is 6.72. The van der Waals surface area contributed by atoms with Crippen molar-refractivity contribution in [2.24, 2.45) is 21.5 Å². The number of benzene rings is 1. The summed E-state index contributed by atoms with van der Waals surface area (Å²) < 4.78 is 39.9. The molecule has 1 aromatic carbocycles. The van der Waals surface area contributed by atoms with Crippen molar-refractivity contribution in [2.45, 2.75) is 12.9 Å². The van der Waals surface area contributed by atoms with Gasteiger partial charge in [0.2, 0.25) is 5.96 Å². The van der Waals surface area contributed by atoms with Gasteiger partial charge in [-0.3, -0.25) is 0 Å². The van der Waals surface area contributed by atoms with Crippen LogP contribution < -0.4 is 16.2 Å². The maximum atomic E-state index is 12.0. The predicted molar refractivity (Wildman–Crippen MR) is 88.0 cm³/mol. The number of alkyl halides is 3. The maximum Gasteiger partial charge on any atom is 0.573 e. The average molecular weight is 364 g/mol. The van der Waals surface area contributed by atoms with Gasteiger partial charge < -0.3 is 21.1 Å². The minimum atomic E-state index is -4.71. The minimum absolute atomic E-state index is 0. The SMILES string of the molecule is Cl.NC(=NCc1ccc(OC(F)(F)F)cc1)N=C(N)N1CC=CC1. The molecule has 0 bridgehead atoms. The van der Waals surface area contributed by atoms with Gasteiger partial charge in [-0.15, -0.1) is 25.6 Å². The number of nitrogens with zero attached hydrogens (tertiary/aromatic N) is 3. The topological polar surface area (TPSA) is 89.2 Å². The van der Waals surface area contributed by atoms with Crippen molar-refractivity contribution in [3.05, 3.63) is 42.0 Å². The molecule has 6 nitrogen and oxygen atoms in total. The molecule has 10 heteroatoms. The fourth-order valence-electron chi connectivity index (χ4n) is 1.86. The molecular formula is C14H17ClF3N5O. The summed E-state index contributed by atoms with van der Waals surface area (Å²) in [6.45, 7) is 1.51. The fourth-order valence-corrected chi connectivity index (χ4v) is 1.86. The van der Waals surface area contributed by atoms with Gasteiger partial charge in [-0.1, -0.05) is 24.3 Å². The Balaban J connectivity index is 0.00000288. The van der Waals surface area contributed by atoms with Crippen LogP contribution in [0.15, 0.2) is 46.4 Å². The van der Waals surface area contributed by atoms with Crippen molar-refractivity contribution in [3.63, 3.8) is 0 Å². The van der Waals surface area contributed by atoms with Gasteiger partial charge in [0.25, 0.3) is 0 Å². The number of guanidine groups is 2. The Kier molecular flexibility index (Phi) is 6.90. The summed E-state index contributed by atoms with van der Waals surface area (Å²) in [6, 6.07) is 5.36. The summed E-state index contributed by atoms with van der Waals surface area (Å²) in [5.41, 5.74) is 12.1. The van der Waals surface area contributed by atoms with Crippen molar-refractivity contribution in [1.29, 1.82) is 0 Å². The standard InChI is InChI=1S/C14H16F3N5O.ClH/c15-14(16,17)23-11-5-3-10(4-6-11)9-20-12(18)21-13(19)22-7-1-2-8-22;/h1-6H,7-9H2,(H4,18,19,20,21);1H. The molecule has 0 spiro atoms. The lowest BCUT2D eigenvalue weighted by molar-refractivity contribution is -0.274. The van der Waals surface area contributed by atoms with E-state index in [1.165, 1.54) is 24.3 Å². The van der Waals surface area contributed by atoms with Crippen LogP contribution in [0.4, 0.5) is 13.2 Å². The molecule has 1 aliphatic rings. The number of halogens is 4. The number of nitrogens with two attached hydrogens (primary N) is 2. The molecule has 0 fully saturated rings. The average Bonchev–Trinajstić information content (AvgIpc) is 2.99. The van der Waals surface area contributed by atoms with Crippen molar-refractivity contribution in [1.82, 2.24) is 4.90 Å². The highest BCUT2D eigenvalue weighted by Gasteiger charge is 2.30. The first-order valence-corrected chi connectivity index (χ1v) is 6.72. The lowest BCUT2D eigenvalue weighted by Crippen LogP contribution is -2.36. The van der Waals surface area contributed by atoms with Gasteiger partial charge in [0.05, 0.1) is 6.54 Å². The molecule has 0 aliphatic carbocycles. The Morgan fingerprint density at radius 3 is 2.25 bits per heavy atom. The molecule has 24 heavy (non-hydrogen) atoms.